The lowest BCUT2D eigenvalue weighted by molar-refractivity contribution is 0.0775. The molecule has 2 rings (SSSR count). The van der Waals surface area contributed by atoms with Gasteiger partial charge in [-0.25, -0.2) is 0 Å². The van der Waals surface area contributed by atoms with Crippen molar-refractivity contribution in [1.82, 2.24) is 24.5 Å². The Labute approximate surface area is 130 Å². The molecule has 2 aromatic rings. The molecule has 0 aliphatic carbocycles. The first-order valence-corrected chi connectivity index (χ1v) is 7.26. The Hall–Kier alpha value is -1.34. The molecular formula is C12H15BrClN5O. The van der Waals surface area contributed by atoms with Gasteiger partial charge in [0.05, 0.1) is 27.9 Å². The average Bonchev–Trinajstić information content (AvgIpc) is 2.94. The molecule has 0 radical (unpaired) electrons. The van der Waals surface area contributed by atoms with Crippen LogP contribution in [0.2, 0.25) is 5.02 Å². The summed E-state index contributed by atoms with van der Waals surface area (Å²) in [6.45, 7) is 3.03. The van der Waals surface area contributed by atoms with Crippen LogP contribution in [0.25, 0.3) is 0 Å². The normalized spacial score (nSPS) is 10.8. The van der Waals surface area contributed by atoms with E-state index >= 15 is 0 Å². The van der Waals surface area contributed by atoms with Crippen LogP contribution in [0.15, 0.2) is 16.9 Å². The Morgan fingerprint density at radius 3 is 2.75 bits per heavy atom. The van der Waals surface area contributed by atoms with Crippen LogP contribution in [0.3, 0.4) is 0 Å². The molecule has 2 heterocycles. The van der Waals surface area contributed by atoms with E-state index in [1.807, 2.05) is 14.0 Å². The topological polar surface area (TPSA) is 56.0 Å². The maximum absolute atomic E-state index is 12.4. The van der Waals surface area contributed by atoms with Crippen LogP contribution >= 0.6 is 27.5 Å². The van der Waals surface area contributed by atoms with E-state index in [4.69, 9.17) is 11.6 Å². The van der Waals surface area contributed by atoms with Crippen molar-refractivity contribution in [3.05, 3.63) is 33.3 Å². The van der Waals surface area contributed by atoms with Crippen molar-refractivity contribution in [1.29, 1.82) is 0 Å². The molecule has 8 heteroatoms. The minimum atomic E-state index is -0.213. The van der Waals surface area contributed by atoms with Crippen molar-refractivity contribution >= 4 is 33.4 Å². The number of hydrogen-bond donors (Lipinski definition) is 0. The summed E-state index contributed by atoms with van der Waals surface area (Å²) in [6, 6.07) is 0. The van der Waals surface area contributed by atoms with E-state index in [1.165, 1.54) is 0 Å². The molecule has 1 amide bonds. The van der Waals surface area contributed by atoms with Gasteiger partial charge in [-0.15, -0.1) is 0 Å². The number of aromatic nitrogens is 4. The minimum absolute atomic E-state index is 0.213. The molecule has 0 unspecified atom stereocenters. The van der Waals surface area contributed by atoms with Gasteiger partial charge in [0.15, 0.2) is 5.69 Å². The zero-order valence-corrected chi connectivity index (χ0v) is 13.8. The second-order valence-corrected chi connectivity index (χ2v) is 5.67. The highest BCUT2D eigenvalue weighted by atomic mass is 79.9. The first-order valence-electron chi connectivity index (χ1n) is 6.08. The molecule has 0 N–H and O–H groups in total. The minimum Gasteiger partial charge on any atom is -0.334 e. The molecule has 0 saturated carbocycles. The van der Waals surface area contributed by atoms with Crippen LogP contribution < -0.4 is 0 Å². The highest BCUT2D eigenvalue weighted by Gasteiger charge is 2.21. The first-order chi connectivity index (χ1) is 9.43. The van der Waals surface area contributed by atoms with Crippen LogP contribution in [0, 0.1) is 0 Å². The van der Waals surface area contributed by atoms with Gasteiger partial charge in [0.25, 0.3) is 5.91 Å². The number of carbonyl (C=O) groups excluding carboxylic acids is 1. The van der Waals surface area contributed by atoms with Gasteiger partial charge >= 0.3 is 0 Å². The van der Waals surface area contributed by atoms with E-state index < -0.39 is 0 Å². The number of amides is 1. The molecule has 0 atom stereocenters. The maximum atomic E-state index is 12.4. The van der Waals surface area contributed by atoms with E-state index in [0.29, 0.717) is 18.1 Å². The number of rotatable bonds is 4. The molecule has 0 spiro atoms. The monoisotopic (exact) mass is 359 g/mol. The predicted octanol–water partition coefficient (Wildman–Crippen LogP) is 2.32. The zero-order valence-electron chi connectivity index (χ0n) is 11.5. The molecule has 0 aromatic carbocycles. The standard InChI is InChI=1S/C12H15BrClN5O/c1-4-19-6-9(14)11(16-19)12(20)17(2)7-10-8(13)5-15-18(10)3/h5-6H,4,7H2,1-3H3. The third-order valence-electron chi connectivity index (χ3n) is 2.99. The summed E-state index contributed by atoms with van der Waals surface area (Å²) in [5.74, 6) is -0.213. The van der Waals surface area contributed by atoms with Gasteiger partial charge in [-0.05, 0) is 22.9 Å². The SMILES string of the molecule is CCn1cc(Cl)c(C(=O)N(C)Cc2c(Br)cnn2C)n1. The smallest absolute Gasteiger partial charge is 0.276 e. The average molecular weight is 361 g/mol. The largest absolute Gasteiger partial charge is 0.334 e. The fourth-order valence-electron chi connectivity index (χ4n) is 1.80. The third-order valence-corrected chi connectivity index (χ3v) is 3.93. The van der Waals surface area contributed by atoms with Crippen LogP contribution in [0.1, 0.15) is 23.1 Å². The second kappa shape index (κ2) is 5.97. The van der Waals surface area contributed by atoms with E-state index in [2.05, 4.69) is 26.1 Å². The molecule has 0 bridgehead atoms. The number of aryl methyl sites for hydroxylation is 2. The van der Waals surface area contributed by atoms with Crippen molar-refractivity contribution in [3.63, 3.8) is 0 Å². The highest BCUT2D eigenvalue weighted by Crippen LogP contribution is 2.19. The number of nitrogens with zero attached hydrogens (tertiary/aromatic N) is 5. The lowest BCUT2D eigenvalue weighted by Crippen LogP contribution is -2.28. The van der Waals surface area contributed by atoms with Gasteiger partial charge in [-0.1, -0.05) is 11.6 Å². The van der Waals surface area contributed by atoms with Gasteiger partial charge in [0.1, 0.15) is 0 Å². The molecule has 0 aliphatic rings. The van der Waals surface area contributed by atoms with E-state index in [9.17, 15) is 4.79 Å². The Balaban J connectivity index is 2.18. The molecule has 0 aliphatic heterocycles. The molecule has 108 valence electrons. The molecule has 0 fully saturated rings. The van der Waals surface area contributed by atoms with Gasteiger partial charge in [-0.3, -0.25) is 14.2 Å². The Bertz CT molecular complexity index is 616. The lowest BCUT2D eigenvalue weighted by Gasteiger charge is -2.16. The van der Waals surface area contributed by atoms with Crippen LogP contribution in [-0.2, 0) is 20.1 Å². The number of halogens is 2. The van der Waals surface area contributed by atoms with E-state index in [0.717, 1.165) is 10.2 Å². The Kier molecular flexibility index (Phi) is 4.49. The van der Waals surface area contributed by atoms with Crippen LogP contribution in [-0.4, -0.2) is 37.4 Å². The molecular weight excluding hydrogens is 346 g/mol. The van der Waals surface area contributed by atoms with Crippen LogP contribution in [0.5, 0.6) is 0 Å². The van der Waals surface area contributed by atoms with Crippen molar-refractivity contribution in [2.24, 2.45) is 7.05 Å². The molecule has 2 aromatic heterocycles. The van der Waals surface area contributed by atoms with Gasteiger partial charge < -0.3 is 4.90 Å². The van der Waals surface area contributed by atoms with E-state index in [1.54, 1.807) is 33.7 Å². The molecule has 20 heavy (non-hydrogen) atoms. The van der Waals surface area contributed by atoms with Crippen molar-refractivity contribution in [2.75, 3.05) is 7.05 Å². The first kappa shape index (κ1) is 15.1. The van der Waals surface area contributed by atoms with Crippen molar-refractivity contribution < 1.29 is 4.79 Å². The number of hydrogen-bond acceptors (Lipinski definition) is 3. The summed E-state index contributed by atoms with van der Waals surface area (Å²) >= 11 is 9.46. The van der Waals surface area contributed by atoms with Crippen LogP contribution in [0.4, 0.5) is 0 Å². The summed E-state index contributed by atoms with van der Waals surface area (Å²) in [7, 11) is 3.54. The number of carbonyl (C=O) groups is 1. The Morgan fingerprint density at radius 1 is 1.55 bits per heavy atom. The Morgan fingerprint density at radius 2 is 2.25 bits per heavy atom. The van der Waals surface area contributed by atoms with Gasteiger partial charge in [-0.2, -0.15) is 10.2 Å². The molecule has 6 nitrogen and oxygen atoms in total. The second-order valence-electron chi connectivity index (χ2n) is 4.41. The summed E-state index contributed by atoms with van der Waals surface area (Å²) < 4.78 is 4.23. The quantitative estimate of drug-likeness (QED) is 0.841. The molecule has 0 saturated heterocycles. The summed E-state index contributed by atoms with van der Waals surface area (Å²) in [5, 5.41) is 8.67. The van der Waals surface area contributed by atoms with Gasteiger partial charge in [0, 0.05) is 26.8 Å². The summed E-state index contributed by atoms with van der Waals surface area (Å²) in [6.07, 6.45) is 3.36. The fraction of sp³-hybridized carbons (Fsp3) is 0.417. The highest BCUT2D eigenvalue weighted by molar-refractivity contribution is 9.10. The summed E-state index contributed by atoms with van der Waals surface area (Å²) in [4.78, 5) is 13.9. The maximum Gasteiger partial charge on any atom is 0.276 e. The van der Waals surface area contributed by atoms with Crippen molar-refractivity contribution in [3.8, 4) is 0 Å². The fourth-order valence-corrected chi connectivity index (χ4v) is 2.50. The summed E-state index contributed by atoms with van der Waals surface area (Å²) in [5.41, 5.74) is 1.18. The van der Waals surface area contributed by atoms with Gasteiger partial charge in [0.2, 0.25) is 0 Å². The third kappa shape index (κ3) is 2.88. The van der Waals surface area contributed by atoms with E-state index in [-0.39, 0.29) is 11.6 Å². The van der Waals surface area contributed by atoms with Crippen molar-refractivity contribution in [2.45, 2.75) is 20.0 Å². The zero-order chi connectivity index (χ0) is 14.9. The predicted molar refractivity (Wildman–Crippen MR) is 79.6 cm³/mol. The lowest BCUT2D eigenvalue weighted by atomic mass is 10.3.